The third-order valence-electron chi connectivity index (χ3n) is 3.65. The molecule has 1 saturated carbocycles. The third-order valence-corrected chi connectivity index (χ3v) is 4.30. The van der Waals surface area contributed by atoms with E-state index in [2.05, 4.69) is 20.8 Å². The molecule has 2 fully saturated rings. The summed E-state index contributed by atoms with van der Waals surface area (Å²) in [7, 11) is 0. The average Bonchev–Trinajstić information content (AvgIpc) is 3.03. The van der Waals surface area contributed by atoms with Crippen LogP contribution in [0.25, 0.3) is 0 Å². The van der Waals surface area contributed by atoms with E-state index in [1.54, 1.807) is 6.26 Å². The standard InChI is InChI=1S/C12H17BrN2O/c13-9-5-7-16-12(9)11-10(14)2-1-6-15(11)8-3-4-8/h5,7-8,10-11H,1-4,6,14H2. The minimum Gasteiger partial charge on any atom is -0.466 e. The first-order chi connectivity index (χ1) is 7.77. The quantitative estimate of drug-likeness (QED) is 0.908. The zero-order chi connectivity index (χ0) is 11.1. The first-order valence-electron chi connectivity index (χ1n) is 6.01. The predicted molar refractivity (Wildman–Crippen MR) is 66.1 cm³/mol. The van der Waals surface area contributed by atoms with Crippen molar-refractivity contribution in [2.24, 2.45) is 5.73 Å². The minimum atomic E-state index is 0.205. The fraction of sp³-hybridized carbons (Fsp3) is 0.667. The maximum atomic E-state index is 6.27. The second kappa shape index (κ2) is 4.17. The van der Waals surface area contributed by atoms with Crippen molar-refractivity contribution in [2.75, 3.05) is 6.54 Å². The van der Waals surface area contributed by atoms with Crippen molar-refractivity contribution < 1.29 is 4.42 Å². The van der Waals surface area contributed by atoms with Gasteiger partial charge in [0.25, 0.3) is 0 Å². The van der Waals surface area contributed by atoms with E-state index in [4.69, 9.17) is 10.2 Å². The first-order valence-corrected chi connectivity index (χ1v) is 6.81. The summed E-state index contributed by atoms with van der Waals surface area (Å²) in [5, 5.41) is 0. The summed E-state index contributed by atoms with van der Waals surface area (Å²) in [6.07, 6.45) is 6.70. The van der Waals surface area contributed by atoms with Crippen LogP contribution in [0.15, 0.2) is 21.2 Å². The molecule has 2 atom stereocenters. The molecule has 0 amide bonds. The maximum absolute atomic E-state index is 6.27. The van der Waals surface area contributed by atoms with Crippen molar-refractivity contribution in [2.45, 2.75) is 43.8 Å². The second-order valence-electron chi connectivity index (χ2n) is 4.85. The van der Waals surface area contributed by atoms with Gasteiger partial charge in [0.15, 0.2) is 0 Å². The van der Waals surface area contributed by atoms with Crippen LogP contribution in [0, 0.1) is 0 Å². The highest BCUT2D eigenvalue weighted by Crippen LogP contribution is 2.41. The van der Waals surface area contributed by atoms with E-state index >= 15 is 0 Å². The number of nitrogens with two attached hydrogens (primary N) is 1. The Labute approximate surface area is 104 Å². The fourth-order valence-electron chi connectivity index (χ4n) is 2.73. The molecule has 0 spiro atoms. The Morgan fingerprint density at radius 2 is 2.19 bits per heavy atom. The summed E-state index contributed by atoms with van der Waals surface area (Å²) in [6, 6.07) is 3.18. The molecule has 4 heteroatoms. The second-order valence-corrected chi connectivity index (χ2v) is 5.71. The monoisotopic (exact) mass is 284 g/mol. The van der Waals surface area contributed by atoms with Gasteiger partial charge < -0.3 is 10.2 Å². The van der Waals surface area contributed by atoms with E-state index in [1.165, 1.54) is 19.3 Å². The lowest BCUT2D eigenvalue weighted by Gasteiger charge is -2.39. The number of halogens is 1. The van der Waals surface area contributed by atoms with Gasteiger partial charge in [0, 0.05) is 12.1 Å². The Hall–Kier alpha value is -0.320. The van der Waals surface area contributed by atoms with Crippen molar-refractivity contribution in [1.82, 2.24) is 4.90 Å². The molecule has 1 aliphatic carbocycles. The summed E-state index contributed by atoms with van der Waals surface area (Å²) in [4.78, 5) is 2.54. The Bertz CT molecular complexity index is 375. The Morgan fingerprint density at radius 1 is 1.38 bits per heavy atom. The van der Waals surface area contributed by atoms with E-state index in [-0.39, 0.29) is 12.1 Å². The topological polar surface area (TPSA) is 42.4 Å². The molecule has 1 saturated heterocycles. The fourth-order valence-corrected chi connectivity index (χ4v) is 3.17. The SMILES string of the molecule is NC1CCCN(C2CC2)C1c1occc1Br. The number of hydrogen-bond donors (Lipinski definition) is 1. The lowest BCUT2D eigenvalue weighted by molar-refractivity contribution is 0.102. The van der Waals surface area contributed by atoms with Gasteiger partial charge in [0.1, 0.15) is 5.76 Å². The Morgan fingerprint density at radius 3 is 2.81 bits per heavy atom. The third kappa shape index (κ3) is 1.83. The number of hydrogen-bond acceptors (Lipinski definition) is 3. The van der Waals surface area contributed by atoms with Crippen molar-refractivity contribution in [1.29, 1.82) is 0 Å². The molecule has 2 aliphatic rings. The first kappa shape index (κ1) is 10.8. The highest BCUT2D eigenvalue weighted by Gasteiger charge is 2.41. The minimum absolute atomic E-state index is 0.205. The maximum Gasteiger partial charge on any atom is 0.136 e. The number of furan rings is 1. The molecule has 1 aromatic rings. The molecule has 16 heavy (non-hydrogen) atoms. The average molecular weight is 285 g/mol. The highest BCUT2D eigenvalue weighted by molar-refractivity contribution is 9.10. The highest BCUT2D eigenvalue weighted by atomic mass is 79.9. The van der Waals surface area contributed by atoms with E-state index in [0.29, 0.717) is 0 Å². The zero-order valence-electron chi connectivity index (χ0n) is 9.23. The van der Waals surface area contributed by atoms with Gasteiger partial charge in [-0.2, -0.15) is 0 Å². The van der Waals surface area contributed by atoms with Crippen LogP contribution in [0.5, 0.6) is 0 Å². The largest absolute Gasteiger partial charge is 0.466 e. The summed E-state index contributed by atoms with van der Waals surface area (Å²) in [5.74, 6) is 1.01. The van der Waals surface area contributed by atoms with E-state index in [0.717, 1.165) is 29.2 Å². The van der Waals surface area contributed by atoms with E-state index < -0.39 is 0 Å². The van der Waals surface area contributed by atoms with Gasteiger partial charge in [0.05, 0.1) is 16.8 Å². The number of likely N-dealkylation sites (tertiary alicyclic amines) is 1. The van der Waals surface area contributed by atoms with Gasteiger partial charge in [-0.3, -0.25) is 4.90 Å². The molecule has 2 heterocycles. The van der Waals surface area contributed by atoms with Crippen LogP contribution >= 0.6 is 15.9 Å². The van der Waals surface area contributed by atoms with Crippen LogP contribution < -0.4 is 5.73 Å². The molecule has 0 aromatic carbocycles. The molecule has 2 N–H and O–H groups in total. The van der Waals surface area contributed by atoms with Crippen molar-refractivity contribution in [3.05, 3.63) is 22.6 Å². The summed E-state index contributed by atoms with van der Waals surface area (Å²) in [6.45, 7) is 1.16. The molecular formula is C12H17BrN2O. The Balaban J connectivity index is 1.90. The summed E-state index contributed by atoms with van der Waals surface area (Å²) >= 11 is 3.55. The lowest BCUT2D eigenvalue weighted by atomic mass is 9.95. The van der Waals surface area contributed by atoms with Gasteiger partial charge in [-0.1, -0.05) is 0 Å². The lowest BCUT2D eigenvalue weighted by Crippen LogP contribution is -2.46. The normalized spacial score (nSPS) is 31.9. The molecule has 1 aromatic heterocycles. The van der Waals surface area contributed by atoms with Crippen LogP contribution in [-0.4, -0.2) is 23.5 Å². The van der Waals surface area contributed by atoms with Crippen molar-refractivity contribution in [3.63, 3.8) is 0 Å². The van der Waals surface area contributed by atoms with Crippen molar-refractivity contribution in [3.8, 4) is 0 Å². The number of rotatable bonds is 2. The van der Waals surface area contributed by atoms with Crippen LogP contribution in [0.4, 0.5) is 0 Å². The van der Waals surface area contributed by atoms with Gasteiger partial charge >= 0.3 is 0 Å². The van der Waals surface area contributed by atoms with Gasteiger partial charge in [-0.05, 0) is 54.2 Å². The Kier molecular flexibility index (Phi) is 2.81. The summed E-state index contributed by atoms with van der Waals surface area (Å²) < 4.78 is 6.67. The molecule has 0 radical (unpaired) electrons. The molecule has 0 bridgehead atoms. The van der Waals surface area contributed by atoms with E-state index in [1.807, 2.05) is 6.07 Å². The molecule has 2 unspecified atom stereocenters. The zero-order valence-corrected chi connectivity index (χ0v) is 10.8. The van der Waals surface area contributed by atoms with Crippen molar-refractivity contribution >= 4 is 15.9 Å². The molecule has 88 valence electrons. The van der Waals surface area contributed by atoms with Crippen LogP contribution in [0.2, 0.25) is 0 Å². The van der Waals surface area contributed by atoms with Crippen LogP contribution in [-0.2, 0) is 0 Å². The molecule has 1 aliphatic heterocycles. The van der Waals surface area contributed by atoms with Gasteiger partial charge in [0.2, 0.25) is 0 Å². The number of nitrogens with zero attached hydrogens (tertiary/aromatic N) is 1. The smallest absolute Gasteiger partial charge is 0.136 e. The number of piperidine rings is 1. The molecule has 3 rings (SSSR count). The van der Waals surface area contributed by atoms with Gasteiger partial charge in [-0.25, -0.2) is 0 Å². The van der Waals surface area contributed by atoms with Crippen LogP contribution in [0.3, 0.4) is 0 Å². The predicted octanol–water partition coefficient (Wildman–Crippen LogP) is 2.67. The molecule has 3 nitrogen and oxygen atoms in total. The summed E-state index contributed by atoms with van der Waals surface area (Å²) in [5.41, 5.74) is 6.27. The molecular weight excluding hydrogens is 268 g/mol. The van der Waals surface area contributed by atoms with E-state index in [9.17, 15) is 0 Å². The van der Waals surface area contributed by atoms with Crippen LogP contribution in [0.1, 0.15) is 37.5 Å². The van der Waals surface area contributed by atoms with Gasteiger partial charge in [-0.15, -0.1) is 0 Å².